The average molecular weight is 238 g/mol. The predicted octanol–water partition coefficient (Wildman–Crippen LogP) is 0.548. The van der Waals surface area contributed by atoms with Gasteiger partial charge in [0.15, 0.2) is 0 Å². The van der Waals surface area contributed by atoms with E-state index in [0.717, 1.165) is 19.4 Å². The van der Waals surface area contributed by atoms with Gasteiger partial charge in [-0.3, -0.25) is 4.18 Å². The number of epoxide rings is 1. The summed E-state index contributed by atoms with van der Waals surface area (Å²) in [6.45, 7) is 3.62. The number of unbranched alkanes of at least 4 members (excludes halogenated alkanes) is 1. The molecule has 6 heteroatoms. The van der Waals surface area contributed by atoms with Crippen LogP contribution in [0.1, 0.15) is 19.8 Å². The first-order chi connectivity index (χ1) is 7.14. The Hall–Kier alpha value is -0.170. The van der Waals surface area contributed by atoms with Gasteiger partial charge in [-0.1, -0.05) is 13.3 Å². The maximum Gasteiger partial charge on any atom is 0.269 e. The summed E-state index contributed by atoms with van der Waals surface area (Å²) >= 11 is 0. The summed E-state index contributed by atoms with van der Waals surface area (Å²) in [5.41, 5.74) is 0. The molecule has 1 unspecified atom stereocenters. The van der Waals surface area contributed by atoms with Crippen LogP contribution in [-0.2, 0) is 23.8 Å². The van der Waals surface area contributed by atoms with E-state index in [4.69, 9.17) is 13.7 Å². The molecule has 0 spiro atoms. The van der Waals surface area contributed by atoms with Crippen LogP contribution in [0.5, 0.6) is 0 Å². The lowest BCUT2D eigenvalue weighted by Gasteiger charge is -2.05. The Morgan fingerprint density at radius 3 is 2.73 bits per heavy atom. The maximum atomic E-state index is 11.2. The fourth-order valence-electron chi connectivity index (χ4n) is 0.929. The van der Waals surface area contributed by atoms with Gasteiger partial charge in [-0.05, 0) is 6.42 Å². The summed E-state index contributed by atoms with van der Waals surface area (Å²) in [4.78, 5) is 0. The molecule has 0 radical (unpaired) electrons. The van der Waals surface area contributed by atoms with Crippen molar-refractivity contribution in [3.8, 4) is 0 Å². The topological polar surface area (TPSA) is 65.1 Å². The summed E-state index contributed by atoms with van der Waals surface area (Å²) in [6.07, 6.45) is 1.86. The van der Waals surface area contributed by atoms with Crippen molar-refractivity contribution in [2.45, 2.75) is 25.9 Å². The van der Waals surface area contributed by atoms with Crippen LogP contribution >= 0.6 is 0 Å². The van der Waals surface area contributed by atoms with Gasteiger partial charge in [0.05, 0.1) is 32.2 Å². The average Bonchev–Trinajstić information content (AvgIpc) is 2.96. The van der Waals surface area contributed by atoms with Crippen LogP contribution in [0.3, 0.4) is 0 Å². The first-order valence-corrected chi connectivity index (χ1v) is 6.78. The predicted molar refractivity (Wildman–Crippen MR) is 55.2 cm³/mol. The number of rotatable bonds is 9. The second kappa shape index (κ2) is 6.42. The molecule has 1 aliphatic heterocycles. The molecule has 1 saturated heterocycles. The van der Waals surface area contributed by atoms with E-state index >= 15 is 0 Å². The normalized spacial score (nSPS) is 20.5. The van der Waals surface area contributed by atoms with Crippen molar-refractivity contribution in [2.75, 3.05) is 32.2 Å². The van der Waals surface area contributed by atoms with Crippen LogP contribution in [-0.4, -0.2) is 46.7 Å². The van der Waals surface area contributed by atoms with Crippen LogP contribution in [0.15, 0.2) is 0 Å². The summed E-state index contributed by atoms with van der Waals surface area (Å²) < 4.78 is 37.2. The lowest BCUT2D eigenvalue weighted by molar-refractivity contribution is 0.127. The standard InChI is InChI=1S/C9H18O5S/c1-2-3-4-14-15(10,11)6-5-12-7-9-8-13-9/h9H,2-8H2,1H3. The Morgan fingerprint density at radius 2 is 2.13 bits per heavy atom. The third-order valence-electron chi connectivity index (χ3n) is 1.94. The van der Waals surface area contributed by atoms with Crippen LogP contribution in [0, 0.1) is 0 Å². The molecule has 0 aromatic rings. The molecule has 5 nitrogen and oxygen atoms in total. The molecular weight excluding hydrogens is 220 g/mol. The zero-order valence-corrected chi connectivity index (χ0v) is 9.79. The highest BCUT2D eigenvalue weighted by atomic mass is 32.2. The van der Waals surface area contributed by atoms with Gasteiger partial charge in [0.2, 0.25) is 0 Å². The van der Waals surface area contributed by atoms with Gasteiger partial charge >= 0.3 is 0 Å². The summed E-state index contributed by atoms with van der Waals surface area (Å²) in [6, 6.07) is 0. The first-order valence-electron chi connectivity index (χ1n) is 5.20. The van der Waals surface area contributed by atoms with Gasteiger partial charge in [-0.25, -0.2) is 0 Å². The molecule has 0 saturated carbocycles. The number of ether oxygens (including phenoxy) is 2. The van der Waals surface area contributed by atoms with Crippen molar-refractivity contribution in [1.29, 1.82) is 0 Å². The Balaban J connectivity index is 2.00. The summed E-state index contributed by atoms with van der Waals surface area (Å²) in [5.74, 6) is -0.0799. The molecule has 1 heterocycles. The van der Waals surface area contributed by atoms with E-state index in [1.165, 1.54) is 0 Å². The highest BCUT2D eigenvalue weighted by molar-refractivity contribution is 7.86. The van der Waals surface area contributed by atoms with E-state index in [2.05, 4.69) is 0 Å². The molecule has 1 fully saturated rings. The fraction of sp³-hybridized carbons (Fsp3) is 1.00. The van der Waals surface area contributed by atoms with Gasteiger partial charge in [-0.2, -0.15) is 8.42 Å². The molecule has 1 aliphatic rings. The quantitative estimate of drug-likeness (QED) is 0.333. The molecule has 0 amide bonds. The molecule has 1 atom stereocenters. The van der Waals surface area contributed by atoms with E-state index in [-0.39, 0.29) is 25.1 Å². The first kappa shape index (κ1) is 12.9. The van der Waals surface area contributed by atoms with Gasteiger partial charge in [-0.15, -0.1) is 0 Å². The van der Waals surface area contributed by atoms with Crippen molar-refractivity contribution in [1.82, 2.24) is 0 Å². The molecule has 90 valence electrons. The summed E-state index contributed by atoms with van der Waals surface area (Å²) in [5, 5.41) is 0. The smallest absolute Gasteiger partial charge is 0.269 e. The van der Waals surface area contributed by atoms with Gasteiger partial charge in [0.25, 0.3) is 10.1 Å². The maximum absolute atomic E-state index is 11.2. The molecule has 15 heavy (non-hydrogen) atoms. The van der Waals surface area contributed by atoms with E-state index < -0.39 is 10.1 Å². The Kier molecular flexibility index (Phi) is 5.52. The molecule has 0 bridgehead atoms. The largest absolute Gasteiger partial charge is 0.378 e. The molecule has 1 rings (SSSR count). The third-order valence-corrected chi connectivity index (χ3v) is 3.14. The van der Waals surface area contributed by atoms with E-state index in [9.17, 15) is 8.42 Å². The molecule has 0 aromatic heterocycles. The Bertz CT molecular complexity index is 258. The fourth-order valence-corrected chi connectivity index (χ4v) is 1.74. The lowest BCUT2D eigenvalue weighted by atomic mass is 10.4. The van der Waals surface area contributed by atoms with Crippen molar-refractivity contribution in [3.63, 3.8) is 0 Å². The molecule has 0 aromatic carbocycles. The third kappa shape index (κ3) is 6.83. The van der Waals surface area contributed by atoms with Gasteiger partial charge in [0, 0.05) is 0 Å². The van der Waals surface area contributed by atoms with Crippen molar-refractivity contribution in [3.05, 3.63) is 0 Å². The number of hydrogen-bond donors (Lipinski definition) is 0. The van der Waals surface area contributed by atoms with Crippen LogP contribution in [0.4, 0.5) is 0 Å². The van der Waals surface area contributed by atoms with E-state index in [1.54, 1.807) is 0 Å². The molecular formula is C9H18O5S. The van der Waals surface area contributed by atoms with E-state index in [1.807, 2.05) is 6.92 Å². The second-order valence-electron chi connectivity index (χ2n) is 3.47. The highest BCUT2D eigenvalue weighted by Crippen LogP contribution is 2.08. The van der Waals surface area contributed by atoms with Crippen molar-refractivity contribution < 1.29 is 22.1 Å². The zero-order valence-electron chi connectivity index (χ0n) is 8.98. The van der Waals surface area contributed by atoms with Gasteiger partial charge in [0.1, 0.15) is 6.10 Å². The second-order valence-corrected chi connectivity index (χ2v) is 5.23. The van der Waals surface area contributed by atoms with Crippen LogP contribution in [0.25, 0.3) is 0 Å². The molecule has 0 aliphatic carbocycles. The summed E-state index contributed by atoms with van der Waals surface area (Å²) in [7, 11) is -3.40. The minimum absolute atomic E-state index is 0.0799. The van der Waals surface area contributed by atoms with Crippen LogP contribution in [0.2, 0.25) is 0 Å². The number of hydrogen-bond acceptors (Lipinski definition) is 5. The SMILES string of the molecule is CCCCOS(=O)(=O)CCOCC1CO1. The minimum Gasteiger partial charge on any atom is -0.378 e. The Labute approximate surface area is 90.8 Å². The monoisotopic (exact) mass is 238 g/mol. The molecule has 0 N–H and O–H groups in total. The highest BCUT2D eigenvalue weighted by Gasteiger charge is 2.22. The van der Waals surface area contributed by atoms with Crippen molar-refractivity contribution >= 4 is 10.1 Å². The lowest BCUT2D eigenvalue weighted by Crippen LogP contribution is -2.17. The van der Waals surface area contributed by atoms with Gasteiger partial charge < -0.3 is 9.47 Å². The van der Waals surface area contributed by atoms with Crippen molar-refractivity contribution in [2.24, 2.45) is 0 Å². The van der Waals surface area contributed by atoms with Crippen LogP contribution < -0.4 is 0 Å². The zero-order chi connectivity index (χ0) is 11.1. The minimum atomic E-state index is -3.40. The Morgan fingerprint density at radius 1 is 1.40 bits per heavy atom. The van der Waals surface area contributed by atoms with E-state index in [0.29, 0.717) is 6.61 Å².